The van der Waals surface area contributed by atoms with E-state index in [1.165, 1.54) is 310 Å². The molecule has 0 aromatic carbocycles. The zero-order chi connectivity index (χ0) is 70.2. The maximum atomic E-state index is 6.32. The van der Waals surface area contributed by atoms with Crippen LogP contribution in [-0.2, 0) is 0 Å². The number of hydrogen-bond donors (Lipinski definition) is 10. The Labute approximate surface area is 623 Å². The average Bonchev–Trinajstić information content (AvgIpc) is 0.916. The van der Waals surface area contributed by atoms with Gasteiger partial charge in [0.05, 0.1) is 0 Å². The molecule has 10 heterocycles. The van der Waals surface area contributed by atoms with Gasteiger partial charge in [-0.15, -0.1) is 0 Å². The molecule has 10 nitrogen and oxygen atoms in total. The maximum Gasteiger partial charge on any atom is 0.0162 e. The minimum Gasteiger partial charge on any atom is -0.327 e. The molecule has 580 valence electrons. The SMILES string of the molecule is C1CC2CCC1CNC2.C1CC2CNC(C1)C2.C1CC2CNCC1C2.C1CCC2NCCCC2C1.C1NC2CC3CC1CC(C3)C2.CC1(C)CC2CC(C)(CN2)C1.CC12CCC(CNC1)C2(C)C.CC12CCCC(NC1)C2(C)C.NC12CC3CC(CC(C3)C1)C2.NC1C2CC3CC(C2)CC1C3. The van der Waals surface area contributed by atoms with E-state index in [2.05, 4.69) is 105 Å². The lowest BCUT2D eigenvalue weighted by Crippen LogP contribution is -2.55. The summed E-state index contributed by atoms with van der Waals surface area (Å²) in [7, 11) is 0. The van der Waals surface area contributed by atoms with Crippen LogP contribution in [-0.4, -0.2) is 114 Å². The molecule has 17 saturated carbocycles. The Kier molecular flexibility index (Phi) is 25.5. The van der Waals surface area contributed by atoms with Crippen molar-refractivity contribution in [2.45, 2.75) is 367 Å². The van der Waals surface area contributed by atoms with Crippen LogP contribution in [0.1, 0.15) is 326 Å². The van der Waals surface area contributed by atoms with E-state index in [1.54, 1.807) is 25.7 Å². The molecule has 27 rings (SSSR count). The Balaban J connectivity index is 0.0000000955. The highest BCUT2D eigenvalue weighted by Gasteiger charge is 2.55. The third-order valence-electron chi connectivity index (χ3n) is 35.4. The molecule has 0 radical (unpaired) electrons. The van der Waals surface area contributed by atoms with Crippen molar-refractivity contribution in [3.63, 3.8) is 0 Å². The summed E-state index contributed by atoms with van der Waals surface area (Å²) >= 11 is 0. The van der Waals surface area contributed by atoms with Crippen molar-refractivity contribution < 1.29 is 0 Å². The van der Waals surface area contributed by atoms with Crippen molar-refractivity contribution in [3.05, 3.63) is 0 Å². The van der Waals surface area contributed by atoms with Crippen molar-refractivity contribution in [1.29, 1.82) is 0 Å². The number of nitrogens with one attached hydrogen (secondary N) is 8. The molecule has 12 N–H and O–H groups in total. The molecule has 10 aliphatic heterocycles. The van der Waals surface area contributed by atoms with Crippen LogP contribution >= 0.6 is 0 Å². The highest BCUT2D eigenvalue weighted by molar-refractivity contribution is 5.09. The summed E-state index contributed by atoms with van der Waals surface area (Å²) in [5.41, 5.74) is 16.3. The zero-order valence-electron chi connectivity index (χ0n) is 67.7. The minimum absolute atomic E-state index is 0.300. The van der Waals surface area contributed by atoms with Gasteiger partial charge in [-0.3, -0.25) is 0 Å². The Morgan fingerprint density at radius 2 is 0.842 bits per heavy atom. The molecular formula is C91H166N10. The van der Waals surface area contributed by atoms with Crippen LogP contribution in [0.15, 0.2) is 0 Å². The third-order valence-corrected chi connectivity index (χ3v) is 35.4. The number of hydrogen-bond acceptors (Lipinski definition) is 10. The van der Waals surface area contributed by atoms with E-state index in [1.807, 2.05) is 0 Å². The van der Waals surface area contributed by atoms with Crippen molar-refractivity contribution in [2.24, 2.45) is 145 Å². The lowest BCUT2D eigenvalue weighted by Gasteiger charge is -2.55. The molecule has 10 saturated heterocycles. The van der Waals surface area contributed by atoms with Crippen LogP contribution in [0, 0.1) is 133 Å². The summed E-state index contributed by atoms with van der Waals surface area (Å²) in [5.74, 6) is 17.5. The largest absolute Gasteiger partial charge is 0.327 e. The fourth-order valence-electron chi connectivity index (χ4n) is 29.4. The Bertz CT molecular complexity index is 2310. The molecule has 0 spiro atoms. The van der Waals surface area contributed by atoms with Crippen molar-refractivity contribution in [1.82, 2.24) is 42.5 Å². The van der Waals surface area contributed by atoms with E-state index in [-0.39, 0.29) is 0 Å². The average molecular weight is 1400 g/mol. The Morgan fingerprint density at radius 3 is 1.40 bits per heavy atom. The predicted octanol–water partition coefficient (Wildman–Crippen LogP) is 17.3. The highest BCUT2D eigenvalue weighted by atomic mass is 15.0. The van der Waals surface area contributed by atoms with Gasteiger partial charge in [0.15, 0.2) is 0 Å². The van der Waals surface area contributed by atoms with E-state index in [4.69, 9.17) is 11.5 Å². The molecule has 10 heteroatoms. The fraction of sp³-hybridized carbons (Fsp3) is 1.00. The normalized spacial score (nSPS) is 49.6. The van der Waals surface area contributed by atoms with E-state index in [0.29, 0.717) is 44.1 Å². The summed E-state index contributed by atoms with van der Waals surface area (Å²) in [6.07, 6.45) is 60.1. The lowest BCUT2D eigenvalue weighted by atomic mass is 9.53. The third kappa shape index (κ3) is 19.3. The number of rotatable bonds is 0. The lowest BCUT2D eigenvalue weighted by molar-refractivity contribution is 0.000282. The molecule has 27 fully saturated rings. The smallest absolute Gasteiger partial charge is 0.0162 e. The van der Waals surface area contributed by atoms with E-state index >= 15 is 0 Å². The van der Waals surface area contributed by atoms with Gasteiger partial charge in [0.25, 0.3) is 0 Å². The number of nitrogens with two attached hydrogens (primary N) is 2. The molecule has 14 atom stereocenters. The van der Waals surface area contributed by atoms with E-state index < -0.39 is 0 Å². The number of fused-ring (bicyclic) bond motifs is 16. The van der Waals surface area contributed by atoms with Gasteiger partial charge in [-0.05, 0) is 423 Å². The first-order valence-electron chi connectivity index (χ1n) is 45.7. The molecule has 101 heavy (non-hydrogen) atoms. The summed E-state index contributed by atoms with van der Waals surface area (Å²) in [5, 5.41) is 28.6. The van der Waals surface area contributed by atoms with Gasteiger partial charge < -0.3 is 54.0 Å². The predicted molar refractivity (Wildman–Crippen MR) is 427 cm³/mol. The first kappa shape index (κ1) is 77.3. The topological polar surface area (TPSA) is 148 Å². The van der Waals surface area contributed by atoms with Crippen LogP contribution in [0.5, 0.6) is 0 Å². The minimum atomic E-state index is 0.300. The second-order valence-electron chi connectivity index (χ2n) is 44.7. The highest BCUT2D eigenvalue weighted by Crippen LogP contribution is 2.59. The van der Waals surface area contributed by atoms with Crippen LogP contribution in [0.2, 0.25) is 0 Å². The molecule has 0 amide bonds. The summed E-state index contributed by atoms with van der Waals surface area (Å²) in [6.45, 7) is 36.0. The van der Waals surface area contributed by atoms with Gasteiger partial charge in [-0.25, -0.2) is 0 Å². The van der Waals surface area contributed by atoms with E-state index in [0.717, 1.165) is 131 Å². The van der Waals surface area contributed by atoms with Crippen LogP contribution < -0.4 is 54.0 Å². The van der Waals surface area contributed by atoms with Gasteiger partial charge in [0, 0.05) is 61.4 Å². The molecule has 27 aliphatic rings. The molecule has 14 unspecified atom stereocenters. The summed E-state index contributed by atoms with van der Waals surface area (Å²) in [4.78, 5) is 0. The van der Waals surface area contributed by atoms with Crippen molar-refractivity contribution in [3.8, 4) is 0 Å². The maximum absolute atomic E-state index is 6.32. The second kappa shape index (κ2) is 33.3. The van der Waals surface area contributed by atoms with Crippen LogP contribution in [0.25, 0.3) is 0 Å². The monoisotopic (exact) mass is 1400 g/mol. The first-order valence-corrected chi connectivity index (χ1v) is 45.7. The molecule has 24 bridgehead atoms. The standard InChI is InChI=1S/3C10H17N.3C10H19N.C9H17N.C8H15N.2C7H13N/c1-7-2-9-3-8(1)5-10(4-7)11-6-9;11-10-4-7-1-8(5-10)3-9(2-7)6-10;11-10-8-2-6-1-7(4-8)5-9(10)3-6;1-9(2)4-8-5-10(3,6-9)7-11-8;1-9(2)8-4-5-10(9,3)7-11-6-8;1-9(2)8-5-4-6-10(9,3)7-11-8;1-2-6-9-8(4-1)5-3-7-10-9;1-2-8-4-3-7(1)5-9-6-8;1-2-7-3-6(1)4-8-5-7;1-2-6-4-7(3-1)8-5-6/h7-11H,1-6H2;7-9H,1-6,11H2;6-10H,1-5,11H2;3*8,11H,4-7H2,1-3H3;8-10H,1-7H2;7-9H,1-6H2;2*6-8H,1-5H2. The fourth-order valence-corrected chi connectivity index (χ4v) is 29.4. The zero-order valence-corrected chi connectivity index (χ0v) is 67.7. The molecular weight excluding hydrogens is 1230 g/mol. The van der Waals surface area contributed by atoms with Gasteiger partial charge in [-0.2, -0.15) is 0 Å². The van der Waals surface area contributed by atoms with E-state index in [9.17, 15) is 0 Å². The van der Waals surface area contributed by atoms with Crippen LogP contribution in [0.4, 0.5) is 0 Å². The summed E-state index contributed by atoms with van der Waals surface area (Å²) < 4.78 is 0. The molecule has 0 aromatic heterocycles. The Hall–Kier alpha value is -0.400. The molecule has 17 aliphatic carbocycles. The van der Waals surface area contributed by atoms with Gasteiger partial charge in [0.1, 0.15) is 0 Å². The van der Waals surface area contributed by atoms with Gasteiger partial charge in [-0.1, -0.05) is 88.0 Å². The van der Waals surface area contributed by atoms with Gasteiger partial charge >= 0.3 is 0 Å². The first-order chi connectivity index (χ1) is 48.4. The Morgan fingerprint density at radius 1 is 0.317 bits per heavy atom. The van der Waals surface area contributed by atoms with Crippen molar-refractivity contribution >= 4 is 0 Å². The van der Waals surface area contributed by atoms with Gasteiger partial charge in [0.2, 0.25) is 0 Å². The molecule has 0 aromatic rings. The van der Waals surface area contributed by atoms with Crippen molar-refractivity contribution in [2.75, 3.05) is 72.0 Å². The number of piperidine rings is 3. The summed E-state index contributed by atoms with van der Waals surface area (Å²) in [6, 6.07) is 4.93. The quantitative estimate of drug-likeness (QED) is 0.114. The van der Waals surface area contributed by atoms with Crippen LogP contribution in [0.3, 0.4) is 0 Å². The second-order valence-corrected chi connectivity index (χ2v) is 44.7.